The van der Waals surface area contributed by atoms with E-state index < -0.39 is 0 Å². The van der Waals surface area contributed by atoms with Crippen LogP contribution in [0.5, 0.6) is 0 Å². The summed E-state index contributed by atoms with van der Waals surface area (Å²) in [4.78, 5) is 15.7. The number of nitrogens with two attached hydrogens (primary N) is 1. The lowest BCUT2D eigenvalue weighted by atomic mass is 9.99. The van der Waals surface area contributed by atoms with Crippen LogP contribution in [0.15, 0.2) is 83.7 Å². The standard InChI is InChI=1S/C30H34ClN5OS/c31-24-12-8-11-23(21-24)28(22-9-2-1-3-10-22)33-29(38)34-19-15-25(16-20-34)36-27-14-5-4-13-26(27)35(30(36)37)18-7-6-17-32/h1-5,8-14,21,25,28H,6-7,15-20,32H2,(H,33,38). The summed E-state index contributed by atoms with van der Waals surface area (Å²) in [6, 6.07) is 26.3. The van der Waals surface area contributed by atoms with Gasteiger partial charge in [-0.05, 0) is 79.8 Å². The molecule has 0 bridgehead atoms. The quantitative estimate of drug-likeness (QED) is 0.225. The molecule has 1 aliphatic heterocycles. The summed E-state index contributed by atoms with van der Waals surface area (Å²) >= 11 is 12.2. The third kappa shape index (κ3) is 5.65. The van der Waals surface area contributed by atoms with Crippen LogP contribution in [0.4, 0.5) is 0 Å². The number of hydrogen-bond donors (Lipinski definition) is 2. The Hall–Kier alpha value is -3.13. The molecule has 6 nitrogen and oxygen atoms in total. The van der Waals surface area contributed by atoms with E-state index in [1.54, 1.807) is 0 Å². The zero-order valence-corrected chi connectivity index (χ0v) is 23.0. The van der Waals surface area contributed by atoms with Crippen molar-refractivity contribution in [3.63, 3.8) is 0 Å². The number of hydrogen-bond acceptors (Lipinski definition) is 3. The summed E-state index contributed by atoms with van der Waals surface area (Å²) in [7, 11) is 0. The highest BCUT2D eigenvalue weighted by atomic mass is 35.5. The highest BCUT2D eigenvalue weighted by Crippen LogP contribution is 2.28. The molecule has 1 fully saturated rings. The Balaban J connectivity index is 1.31. The second kappa shape index (κ2) is 12.2. The molecule has 8 heteroatoms. The highest BCUT2D eigenvalue weighted by molar-refractivity contribution is 7.80. The zero-order valence-electron chi connectivity index (χ0n) is 21.4. The number of piperidine rings is 1. The third-order valence-corrected chi connectivity index (χ3v) is 8.02. The van der Waals surface area contributed by atoms with Crippen LogP contribution in [0.2, 0.25) is 5.02 Å². The lowest BCUT2D eigenvalue weighted by molar-refractivity contribution is 0.262. The number of likely N-dealkylation sites (tertiary alicyclic amines) is 1. The van der Waals surface area contributed by atoms with Crippen molar-refractivity contribution in [2.24, 2.45) is 5.73 Å². The molecule has 3 aromatic carbocycles. The molecule has 4 aromatic rings. The summed E-state index contributed by atoms with van der Waals surface area (Å²) in [5, 5.41) is 5.01. The van der Waals surface area contributed by atoms with E-state index in [0.29, 0.717) is 23.2 Å². The minimum Gasteiger partial charge on any atom is -0.352 e. The van der Waals surface area contributed by atoms with Crippen LogP contribution in [0, 0.1) is 0 Å². The number of unbranched alkanes of at least 4 members (excludes halogenated alkanes) is 1. The molecular formula is C30H34ClN5OS. The van der Waals surface area contributed by atoms with E-state index in [1.165, 1.54) is 0 Å². The minimum absolute atomic E-state index is 0.0764. The second-order valence-corrected chi connectivity index (χ2v) is 10.7. The molecule has 1 aromatic heterocycles. The Bertz CT molecular complexity index is 1440. The Morgan fingerprint density at radius 1 is 0.947 bits per heavy atom. The van der Waals surface area contributed by atoms with Crippen molar-refractivity contribution in [3.05, 3.63) is 105 Å². The van der Waals surface area contributed by atoms with Gasteiger partial charge in [-0.2, -0.15) is 0 Å². The van der Waals surface area contributed by atoms with Crippen LogP contribution < -0.4 is 16.7 Å². The van der Waals surface area contributed by atoms with Crippen molar-refractivity contribution in [2.75, 3.05) is 19.6 Å². The van der Waals surface area contributed by atoms with Crippen molar-refractivity contribution in [1.82, 2.24) is 19.4 Å². The van der Waals surface area contributed by atoms with Crippen molar-refractivity contribution < 1.29 is 0 Å². The van der Waals surface area contributed by atoms with E-state index in [0.717, 1.165) is 60.9 Å². The molecule has 5 rings (SSSR count). The predicted octanol–water partition coefficient (Wildman–Crippen LogP) is 5.50. The van der Waals surface area contributed by atoms with Gasteiger partial charge in [0, 0.05) is 30.7 Å². The van der Waals surface area contributed by atoms with Crippen LogP contribution >= 0.6 is 23.8 Å². The minimum atomic E-state index is -0.103. The van der Waals surface area contributed by atoms with Crippen LogP contribution in [0.25, 0.3) is 11.0 Å². The Kier molecular flexibility index (Phi) is 8.47. The maximum Gasteiger partial charge on any atom is 0.329 e. The summed E-state index contributed by atoms with van der Waals surface area (Å²) < 4.78 is 3.92. The van der Waals surface area contributed by atoms with Gasteiger partial charge in [-0.25, -0.2) is 4.79 Å². The van der Waals surface area contributed by atoms with Crippen LogP contribution in [-0.4, -0.2) is 38.8 Å². The summed E-state index contributed by atoms with van der Waals surface area (Å²) in [6.45, 7) is 2.91. The summed E-state index contributed by atoms with van der Waals surface area (Å²) in [6.07, 6.45) is 3.52. The van der Waals surface area contributed by atoms with E-state index in [-0.39, 0.29) is 17.8 Å². The molecule has 198 valence electrons. The molecule has 1 unspecified atom stereocenters. The number of benzene rings is 3. The summed E-state index contributed by atoms with van der Waals surface area (Å²) in [5.41, 5.74) is 9.96. The SMILES string of the molecule is NCCCCn1c(=O)n(C2CCN(C(=S)NC(c3ccccc3)c3cccc(Cl)c3)CC2)c2ccccc21. The average Bonchev–Trinajstić information content (AvgIpc) is 3.23. The molecule has 1 atom stereocenters. The molecule has 0 radical (unpaired) electrons. The highest BCUT2D eigenvalue weighted by Gasteiger charge is 2.27. The normalized spacial score (nSPS) is 15.1. The van der Waals surface area contributed by atoms with Gasteiger partial charge in [-0.15, -0.1) is 0 Å². The molecule has 2 heterocycles. The van der Waals surface area contributed by atoms with Gasteiger partial charge in [0.2, 0.25) is 0 Å². The molecule has 1 saturated heterocycles. The third-order valence-electron chi connectivity index (χ3n) is 7.40. The fourth-order valence-electron chi connectivity index (χ4n) is 5.45. The number of thiocarbonyl (C=S) groups is 1. The van der Waals surface area contributed by atoms with E-state index in [9.17, 15) is 4.79 Å². The van der Waals surface area contributed by atoms with Crippen molar-refractivity contribution in [3.8, 4) is 0 Å². The van der Waals surface area contributed by atoms with E-state index in [1.807, 2.05) is 63.7 Å². The van der Waals surface area contributed by atoms with Crippen molar-refractivity contribution in [1.29, 1.82) is 0 Å². The van der Waals surface area contributed by atoms with Crippen molar-refractivity contribution in [2.45, 2.75) is 44.3 Å². The predicted molar refractivity (Wildman–Crippen MR) is 160 cm³/mol. The molecule has 38 heavy (non-hydrogen) atoms. The zero-order chi connectivity index (χ0) is 26.5. The Morgan fingerprint density at radius 3 is 2.34 bits per heavy atom. The van der Waals surface area contributed by atoms with Gasteiger partial charge in [-0.3, -0.25) is 9.13 Å². The number of nitrogens with zero attached hydrogens (tertiary/aromatic N) is 3. The number of aromatic nitrogens is 2. The molecule has 0 spiro atoms. The molecular weight excluding hydrogens is 514 g/mol. The second-order valence-electron chi connectivity index (χ2n) is 9.86. The van der Waals surface area contributed by atoms with Gasteiger partial charge < -0.3 is 16.0 Å². The number of aryl methyl sites for hydroxylation is 1. The lowest BCUT2D eigenvalue weighted by Crippen LogP contribution is -2.46. The molecule has 0 saturated carbocycles. The van der Waals surface area contributed by atoms with Gasteiger partial charge in [0.15, 0.2) is 5.11 Å². The largest absolute Gasteiger partial charge is 0.352 e. The maximum absolute atomic E-state index is 13.5. The summed E-state index contributed by atoms with van der Waals surface area (Å²) in [5.74, 6) is 0. The number of para-hydroxylation sites is 2. The first-order valence-electron chi connectivity index (χ1n) is 13.3. The van der Waals surface area contributed by atoms with Gasteiger partial charge in [0.25, 0.3) is 0 Å². The van der Waals surface area contributed by atoms with Crippen molar-refractivity contribution >= 4 is 40.0 Å². The van der Waals surface area contributed by atoms with Crippen LogP contribution in [0.1, 0.15) is 48.9 Å². The van der Waals surface area contributed by atoms with Gasteiger partial charge in [0.05, 0.1) is 17.1 Å². The lowest BCUT2D eigenvalue weighted by Gasteiger charge is -2.36. The number of fused-ring (bicyclic) bond motifs is 1. The first-order valence-corrected chi connectivity index (χ1v) is 14.1. The number of nitrogens with one attached hydrogen (secondary N) is 1. The monoisotopic (exact) mass is 547 g/mol. The average molecular weight is 548 g/mol. The number of halogens is 1. The fourth-order valence-corrected chi connectivity index (χ4v) is 5.95. The van der Waals surface area contributed by atoms with Gasteiger partial charge in [-0.1, -0.05) is 66.2 Å². The Morgan fingerprint density at radius 2 is 1.63 bits per heavy atom. The topological polar surface area (TPSA) is 68.2 Å². The smallest absolute Gasteiger partial charge is 0.329 e. The van der Waals surface area contributed by atoms with E-state index in [2.05, 4.69) is 34.5 Å². The molecule has 3 N–H and O–H groups in total. The fraction of sp³-hybridized carbons (Fsp3) is 0.333. The Labute approximate surface area is 234 Å². The van der Waals surface area contributed by atoms with Gasteiger partial charge in [0.1, 0.15) is 0 Å². The molecule has 0 aliphatic carbocycles. The number of imidazole rings is 1. The van der Waals surface area contributed by atoms with E-state index >= 15 is 0 Å². The van der Waals surface area contributed by atoms with Gasteiger partial charge >= 0.3 is 5.69 Å². The van der Waals surface area contributed by atoms with Crippen LogP contribution in [0.3, 0.4) is 0 Å². The van der Waals surface area contributed by atoms with Crippen LogP contribution in [-0.2, 0) is 6.54 Å². The van der Waals surface area contributed by atoms with E-state index in [4.69, 9.17) is 29.6 Å². The number of rotatable bonds is 8. The molecule has 0 amide bonds. The first-order chi connectivity index (χ1) is 18.6. The molecule has 1 aliphatic rings. The maximum atomic E-state index is 13.5. The first kappa shape index (κ1) is 26.5.